The number of para-hydroxylation sites is 1. The molecule has 0 spiro atoms. The number of carbonyl (C=O) groups is 3. The maximum absolute atomic E-state index is 12.0. The predicted molar refractivity (Wildman–Crippen MR) is 89.3 cm³/mol. The van der Waals surface area contributed by atoms with E-state index in [0.717, 1.165) is 4.90 Å². The maximum atomic E-state index is 12.0. The van der Waals surface area contributed by atoms with Gasteiger partial charge in [-0.1, -0.05) is 25.5 Å². The van der Waals surface area contributed by atoms with Crippen molar-refractivity contribution in [2.75, 3.05) is 17.6 Å². The number of hydrogen-bond donors (Lipinski definition) is 4. The summed E-state index contributed by atoms with van der Waals surface area (Å²) >= 11 is 1.23. The van der Waals surface area contributed by atoms with Gasteiger partial charge in [-0.15, -0.1) is 11.8 Å². The first-order valence-electron chi connectivity index (χ1n) is 7.20. The largest absolute Gasteiger partial charge is 0.480 e. The van der Waals surface area contributed by atoms with Crippen LogP contribution in [-0.4, -0.2) is 41.2 Å². The second-order valence-corrected chi connectivity index (χ2v) is 5.88. The van der Waals surface area contributed by atoms with Gasteiger partial charge < -0.3 is 16.2 Å². The molecular formula is C15H21N3O4S. The number of aliphatic carboxylic acids is 1. The quantitative estimate of drug-likeness (QED) is 0.473. The van der Waals surface area contributed by atoms with Crippen LogP contribution in [0.5, 0.6) is 0 Å². The van der Waals surface area contributed by atoms with E-state index in [1.165, 1.54) is 11.8 Å². The van der Waals surface area contributed by atoms with Gasteiger partial charge >= 0.3 is 5.97 Å². The molecule has 0 bridgehead atoms. The lowest BCUT2D eigenvalue weighted by Gasteiger charge is -2.14. The summed E-state index contributed by atoms with van der Waals surface area (Å²) < 4.78 is 0. The molecule has 5 N–H and O–H groups in total. The molecule has 0 saturated heterocycles. The van der Waals surface area contributed by atoms with E-state index in [-0.39, 0.29) is 18.2 Å². The normalized spacial score (nSPS) is 11.7. The Morgan fingerprint density at radius 3 is 2.61 bits per heavy atom. The van der Waals surface area contributed by atoms with Crippen molar-refractivity contribution in [3.8, 4) is 0 Å². The van der Waals surface area contributed by atoms with Gasteiger partial charge in [0, 0.05) is 4.90 Å². The zero-order valence-corrected chi connectivity index (χ0v) is 13.7. The van der Waals surface area contributed by atoms with Gasteiger partial charge in [0.15, 0.2) is 0 Å². The number of nitrogens with two attached hydrogens (primary N) is 1. The summed E-state index contributed by atoms with van der Waals surface area (Å²) in [6.07, 6.45) is 1.16. The van der Waals surface area contributed by atoms with Gasteiger partial charge in [-0.25, -0.2) is 0 Å². The smallest absolute Gasteiger partial charge is 0.320 e. The molecule has 0 radical (unpaired) electrons. The van der Waals surface area contributed by atoms with Gasteiger partial charge in [0.25, 0.3) is 0 Å². The molecule has 0 fully saturated rings. The van der Waals surface area contributed by atoms with E-state index in [4.69, 9.17) is 10.8 Å². The Hall–Kier alpha value is -2.06. The number of primary amides is 1. The number of hydrogen-bond acceptors (Lipinski definition) is 5. The number of carbonyl (C=O) groups excluding carboxylic acids is 2. The van der Waals surface area contributed by atoms with Gasteiger partial charge in [0.05, 0.1) is 18.0 Å². The van der Waals surface area contributed by atoms with Crippen LogP contribution in [0.1, 0.15) is 19.8 Å². The summed E-state index contributed by atoms with van der Waals surface area (Å²) in [6.45, 7) is 1.77. The van der Waals surface area contributed by atoms with Gasteiger partial charge in [0.1, 0.15) is 6.04 Å². The summed E-state index contributed by atoms with van der Waals surface area (Å²) in [5, 5.41) is 14.5. The number of rotatable bonds is 10. The monoisotopic (exact) mass is 339 g/mol. The van der Waals surface area contributed by atoms with Crippen LogP contribution in [0.2, 0.25) is 0 Å². The minimum Gasteiger partial charge on any atom is -0.480 e. The van der Waals surface area contributed by atoms with E-state index >= 15 is 0 Å². The van der Waals surface area contributed by atoms with Crippen LogP contribution < -0.4 is 16.4 Å². The molecule has 23 heavy (non-hydrogen) atoms. The van der Waals surface area contributed by atoms with Crippen molar-refractivity contribution in [1.29, 1.82) is 0 Å². The summed E-state index contributed by atoms with van der Waals surface area (Å²) in [4.78, 5) is 34.6. The van der Waals surface area contributed by atoms with Crippen LogP contribution in [0.15, 0.2) is 29.2 Å². The highest BCUT2D eigenvalue weighted by molar-refractivity contribution is 8.00. The number of nitrogens with one attached hydrogen (secondary N) is 2. The van der Waals surface area contributed by atoms with E-state index in [9.17, 15) is 14.4 Å². The fraction of sp³-hybridized carbons (Fsp3) is 0.400. The Bertz CT molecular complexity index is 565. The molecule has 2 amide bonds. The van der Waals surface area contributed by atoms with E-state index in [1.807, 2.05) is 6.92 Å². The molecule has 7 nitrogen and oxygen atoms in total. The number of thioether (sulfide) groups is 1. The lowest BCUT2D eigenvalue weighted by atomic mass is 10.2. The first-order chi connectivity index (χ1) is 10.9. The summed E-state index contributed by atoms with van der Waals surface area (Å²) in [5.41, 5.74) is 5.68. The summed E-state index contributed by atoms with van der Waals surface area (Å²) in [7, 11) is 0. The number of anilines is 1. The van der Waals surface area contributed by atoms with Gasteiger partial charge in [-0.2, -0.15) is 0 Å². The molecule has 1 aromatic carbocycles. The third-order valence-corrected chi connectivity index (χ3v) is 4.01. The van der Waals surface area contributed by atoms with Gasteiger partial charge in [-0.05, 0) is 18.6 Å². The Balaban J connectivity index is 2.60. The van der Waals surface area contributed by atoms with Crippen molar-refractivity contribution in [3.63, 3.8) is 0 Å². The van der Waals surface area contributed by atoms with Crippen LogP contribution >= 0.6 is 11.8 Å². The second kappa shape index (κ2) is 9.86. The summed E-state index contributed by atoms with van der Waals surface area (Å²) in [5.74, 6) is -1.65. The van der Waals surface area contributed by atoms with Crippen molar-refractivity contribution < 1.29 is 19.5 Å². The van der Waals surface area contributed by atoms with Crippen molar-refractivity contribution in [1.82, 2.24) is 5.32 Å². The zero-order chi connectivity index (χ0) is 17.2. The van der Waals surface area contributed by atoms with E-state index in [2.05, 4.69) is 10.6 Å². The first kappa shape index (κ1) is 19.0. The Kier molecular flexibility index (Phi) is 8.14. The first-order valence-corrected chi connectivity index (χ1v) is 8.18. The maximum Gasteiger partial charge on any atom is 0.320 e. The standard InChI is InChI=1S/C15H21N3O4S/c1-2-5-11(15(21)22)17-8-14(20)18-10-6-3-4-7-12(10)23-9-13(16)19/h3-4,6-7,11,17H,2,5,8-9H2,1H3,(H2,16,19)(H,18,20)(H,21,22). The second-order valence-electron chi connectivity index (χ2n) is 4.86. The van der Waals surface area contributed by atoms with Crippen LogP contribution in [0.4, 0.5) is 5.69 Å². The lowest BCUT2D eigenvalue weighted by molar-refractivity contribution is -0.139. The molecule has 8 heteroatoms. The Morgan fingerprint density at radius 1 is 1.30 bits per heavy atom. The molecule has 1 unspecified atom stereocenters. The number of benzene rings is 1. The molecule has 1 rings (SSSR count). The van der Waals surface area contributed by atoms with Crippen molar-refractivity contribution in [3.05, 3.63) is 24.3 Å². The highest BCUT2D eigenvalue weighted by Gasteiger charge is 2.17. The van der Waals surface area contributed by atoms with Gasteiger partial charge in [-0.3, -0.25) is 19.7 Å². The van der Waals surface area contributed by atoms with E-state index in [1.54, 1.807) is 24.3 Å². The average molecular weight is 339 g/mol. The number of amides is 2. The fourth-order valence-electron chi connectivity index (χ4n) is 1.86. The number of carboxylic acids is 1. The molecule has 1 aromatic rings. The molecule has 0 saturated carbocycles. The number of carboxylic acid groups (broad SMARTS) is 1. The van der Waals surface area contributed by atoms with Crippen LogP contribution in [-0.2, 0) is 14.4 Å². The topological polar surface area (TPSA) is 122 Å². The highest BCUT2D eigenvalue weighted by atomic mass is 32.2. The Labute approximate surface area is 139 Å². The zero-order valence-electron chi connectivity index (χ0n) is 12.9. The third-order valence-electron chi connectivity index (χ3n) is 2.92. The molecule has 126 valence electrons. The summed E-state index contributed by atoms with van der Waals surface area (Å²) in [6, 6.07) is 6.29. The molecule has 1 atom stereocenters. The fourth-order valence-corrected chi connectivity index (χ4v) is 2.60. The predicted octanol–water partition coefficient (Wildman–Crippen LogP) is 1.05. The SMILES string of the molecule is CCCC(NCC(=O)Nc1ccccc1SCC(N)=O)C(=O)O. The van der Waals surface area contributed by atoms with E-state index in [0.29, 0.717) is 18.5 Å². The molecule has 0 aliphatic carbocycles. The average Bonchev–Trinajstić information content (AvgIpc) is 2.50. The molecule has 0 aliphatic heterocycles. The van der Waals surface area contributed by atoms with Crippen LogP contribution in [0.3, 0.4) is 0 Å². The molecule has 0 heterocycles. The van der Waals surface area contributed by atoms with Crippen LogP contribution in [0.25, 0.3) is 0 Å². The van der Waals surface area contributed by atoms with Crippen molar-refractivity contribution in [2.24, 2.45) is 5.73 Å². The molecular weight excluding hydrogens is 318 g/mol. The van der Waals surface area contributed by atoms with Crippen LogP contribution in [0, 0.1) is 0 Å². The molecule has 0 aromatic heterocycles. The van der Waals surface area contributed by atoms with Gasteiger partial charge in [0.2, 0.25) is 11.8 Å². The molecule has 0 aliphatic rings. The highest BCUT2D eigenvalue weighted by Crippen LogP contribution is 2.26. The minimum absolute atomic E-state index is 0.105. The lowest BCUT2D eigenvalue weighted by Crippen LogP contribution is -2.41. The van der Waals surface area contributed by atoms with E-state index < -0.39 is 17.9 Å². The Morgan fingerprint density at radius 2 is 2.00 bits per heavy atom. The minimum atomic E-state index is -0.975. The third kappa shape index (κ3) is 7.16. The van der Waals surface area contributed by atoms with Crippen molar-refractivity contribution in [2.45, 2.75) is 30.7 Å². The van der Waals surface area contributed by atoms with Crippen molar-refractivity contribution >= 4 is 35.2 Å².